The number of hydrogen-bond acceptors (Lipinski definition) is 3. The lowest BCUT2D eigenvalue weighted by Gasteiger charge is -2.44. The lowest BCUT2D eigenvalue weighted by Crippen LogP contribution is -2.39. The van der Waals surface area contributed by atoms with Crippen molar-refractivity contribution in [2.45, 2.75) is 44.9 Å². The van der Waals surface area contributed by atoms with Crippen LogP contribution in [0.5, 0.6) is 11.5 Å². The van der Waals surface area contributed by atoms with Crippen molar-refractivity contribution in [1.82, 2.24) is 0 Å². The average Bonchev–Trinajstić information content (AvgIpc) is 2.49. The van der Waals surface area contributed by atoms with Gasteiger partial charge in [0.15, 0.2) is 0 Å². The second-order valence-electron chi connectivity index (χ2n) is 6.93. The fourth-order valence-electron chi connectivity index (χ4n) is 3.37. The maximum atomic E-state index is 11.5. The summed E-state index contributed by atoms with van der Waals surface area (Å²) in [4.78, 5) is 11.9. The van der Waals surface area contributed by atoms with Crippen LogP contribution in [0.15, 0.2) is 28.8 Å². The predicted molar refractivity (Wildman–Crippen MR) is 104 cm³/mol. The highest BCUT2D eigenvalue weighted by Crippen LogP contribution is 2.49. The van der Waals surface area contributed by atoms with E-state index in [0.29, 0.717) is 16.5 Å². The first-order chi connectivity index (χ1) is 11.2. The molecule has 0 unspecified atom stereocenters. The van der Waals surface area contributed by atoms with Crippen LogP contribution in [0.2, 0.25) is 0 Å². The molecule has 2 rings (SSSR count). The molecule has 1 aromatic carbocycles. The minimum Gasteiger partial charge on any atom is -0.496 e. The second-order valence-corrected chi connectivity index (χ2v) is 8.89. The van der Waals surface area contributed by atoms with Gasteiger partial charge >= 0.3 is 5.97 Å². The standard InChI is InChI=1S/C19H24Br2O3/c1-11-6-7-18(21)19(3,4)14(11)8-13-9-17(23-5)15(20)10-16(13)24-12(2)22/h9-10,14,18H,1,6-8H2,2-5H3/t14-,18+/m0/s1. The zero-order valence-electron chi connectivity index (χ0n) is 14.6. The van der Waals surface area contributed by atoms with Gasteiger partial charge in [-0.1, -0.05) is 41.9 Å². The normalized spacial score (nSPS) is 23.0. The van der Waals surface area contributed by atoms with Crippen LogP contribution in [0.3, 0.4) is 0 Å². The van der Waals surface area contributed by atoms with Crippen LogP contribution >= 0.6 is 31.9 Å². The Morgan fingerprint density at radius 1 is 1.38 bits per heavy atom. The molecule has 0 aromatic heterocycles. The summed E-state index contributed by atoms with van der Waals surface area (Å²) in [5.41, 5.74) is 2.29. The van der Waals surface area contributed by atoms with Gasteiger partial charge in [0.2, 0.25) is 0 Å². The number of carbonyl (C=O) groups excluding carboxylic acids is 1. The van der Waals surface area contributed by atoms with Crippen molar-refractivity contribution >= 4 is 37.8 Å². The fraction of sp³-hybridized carbons (Fsp3) is 0.526. The average molecular weight is 460 g/mol. The molecule has 0 radical (unpaired) electrons. The van der Waals surface area contributed by atoms with E-state index in [2.05, 4.69) is 52.3 Å². The zero-order chi connectivity index (χ0) is 18.1. The Morgan fingerprint density at radius 2 is 2.04 bits per heavy atom. The molecular formula is C19H24Br2O3. The van der Waals surface area contributed by atoms with Crippen LogP contribution in [-0.2, 0) is 11.2 Å². The number of allylic oxidation sites excluding steroid dienone is 1. The number of esters is 1. The third-order valence-corrected chi connectivity index (χ3v) is 7.19. The third-order valence-electron chi connectivity index (χ3n) is 4.93. The van der Waals surface area contributed by atoms with Gasteiger partial charge in [0, 0.05) is 11.8 Å². The molecule has 1 aliphatic carbocycles. The molecule has 1 fully saturated rings. The van der Waals surface area contributed by atoms with Gasteiger partial charge < -0.3 is 9.47 Å². The van der Waals surface area contributed by atoms with E-state index >= 15 is 0 Å². The highest BCUT2D eigenvalue weighted by Gasteiger charge is 2.41. The molecule has 2 atom stereocenters. The fourth-order valence-corrected chi connectivity index (χ4v) is 4.41. The molecule has 0 bridgehead atoms. The van der Waals surface area contributed by atoms with E-state index in [0.717, 1.165) is 35.0 Å². The van der Waals surface area contributed by atoms with Crippen molar-refractivity contribution in [2.24, 2.45) is 11.3 Å². The van der Waals surface area contributed by atoms with Crippen molar-refractivity contribution in [3.63, 3.8) is 0 Å². The maximum absolute atomic E-state index is 11.5. The summed E-state index contributed by atoms with van der Waals surface area (Å²) in [6.45, 7) is 10.3. The number of carbonyl (C=O) groups is 1. The lowest BCUT2D eigenvalue weighted by atomic mass is 9.64. The molecule has 1 aromatic rings. The molecule has 0 N–H and O–H groups in total. The van der Waals surface area contributed by atoms with Gasteiger partial charge in [-0.05, 0) is 64.2 Å². The Labute approximate surface area is 161 Å². The summed E-state index contributed by atoms with van der Waals surface area (Å²) in [5, 5.41) is 0. The van der Waals surface area contributed by atoms with Crippen molar-refractivity contribution < 1.29 is 14.3 Å². The quantitative estimate of drug-likeness (QED) is 0.251. The van der Waals surface area contributed by atoms with Gasteiger partial charge in [-0.25, -0.2) is 0 Å². The van der Waals surface area contributed by atoms with E-state index in [1.807, 2.05) is 6.07 Å². The minimum atomic E-state index is -0.326. The predicted octanol–water partition coefficient (Wildman–Crippen LogP) is 5.68. The highest BCUT2D eigenvalue weighted by molar-refractivity contribution is 9.10. The number of rotatable bonds is 4. The maximum Gasteiger partial charge on any atom is 0.308 e. The minimum absolute atomic E-state index is 0.0726. The summed E-state index contributed by atoms with van der Waals surface area (Å²) in [6.07, 6.45) is 2.88. The Bertz CT molecular complexity index is 652. The van der Waals surface area contributed by atoms with Crippen LogP contribution in [0, 0.1) is 11.3 Å². The largest absolute Gasteiger partial charge is 0.496 e. The van der Waals surface area contributed by atoms with Crippen LogP contribution in [0.4, 0.5) is 0 Å². The number of halogens is 2. The molecule has 1 saturated carbocycles. The van der Waals surface area contributed by atoms with Gasteiger partial charge in [-0.15, -0.1) is 0 Å². The van der Waals surface area contributed by atoms with Crippen LogP contribution in [-0.4, -0.2) is 17.9 Å². The summed E-state index contributed by atoms with van der Waals surface area (Å²) in [6, 6.07) is 3.75. The number of methoxy groups -OCH3 is 1. The molecule has 0 aliphatic heterocycles. The molecule has 1 aliphatic rings. The molecule has 24 heavy (non-hydrogen) atoms. The van der Waals surface area contributed by atoms with Crippen molar-refractivity contribution in [3.05, 3.63) is 34.3 Å². The molecule has 3 nitrogen and oxygen atoms in total. The van der Waals surface area contributed by atoms with E-state index in [1.165, 1.54) is 12.5 Å². The zero-order valence-corrected chi connectivity index (χ0v) is 17.8. The van der Waals surface area contributed by atoms with Gasteiger partial charge in [0.25, 0.3) is 0 Å². The summed E-state index contributed by atoms with van der Waals surface area (Å²) in [5.74, 6) is 1.29. The smallest absolute Gasteiger partial charge is 0.308 e. The second kappa shape index (κ2) is 7.61. The molecule has 0 saturated heterocycles. The van der Waals surface area contributed by atoms with Crippen LogP contribution < -0.4 is 9.47 Å². The molecule has 0 spiro atoms. The van der Waals surface area contributed by atoms with Crippen molar-refractivity contribution in [1.29, 1.82) is 0 Å². The van der Waals surface area contributed by atoms with E-state index in [9.17, 15) is 4.79 Å². The molecule has 0 amide bonds. The summed E-state index contributed by atoms with van der Waals surface area (Å²) in [7, 11) is 1.63. The van der Waals surface area contributed by atoms with E-state index in [4.69, 9.17) is 9.47 Å². The summed E-state index contributed by atoms with van der Waals surface area (Å²) < 4.78 is 11.6. The highest BCUT2D eigenvalue weighted by atomic mass is 79.9. The molecular weight excluding hydrogens is 436 g/mol. The Morgan fingerprint density at radius 3 is 2.62 bits per heavy atom. The lowest BCUT2D eigenvalue weighted by molar-refractivity contribution is -0.131. The first-order valence-electron chi connectivity index (χ1n) is 8.03. The molecule has 0 heterocycles. The van der Waals surface area contributed by atoms with Gasteiger partial charge in [0.1, 0.15) is 11.5 Å². The van der Waals surface area contributed by atoms with E-state index in [-0.39, 0.29) is 11.4 Å². The molecule has 5 heteroatoms. The van der Waals surface area contributed by atoms with Gasteiger partial charge in [-0.2, -0.15) is 0 Å². The number of ether oxygens (including phenoxy) is 2. The number of benzene rings is 1. The third kappa shape index (κ3) is 4.05. The number of alkyl halides is 1. The van der Waals surface area contributed by atoms with Crippen LogP contribution in [0.1, 0.15) is 39.2 Å². The SMILES string of the molecule is C=C1CC[C@@H](Br)C(C)(C)[C@H]1Cc1cc(OC)c(Br)cc1OC(C)=O. The number of hydrogen-bond donors (Lipinski definition) is 0. The molecule has 132 valence electrons. The first-order valence-corrected chi connectivity index (χ1v) is 9.74. The van der Waals surface area contributed by atoms with Crippen LogP contribution in [0.25, 0.3) is 0 Å². The van der Waals surface area contributed by atoms with Crippen molar-refractivity contribution in [3.8, 4) is 11.5 Å². The monoisotopic (exact) mass is 458 g/mol. The van der Waals surface area contributed by atoms with E-state index in [1.54, 1.807) is 13.2 Å². The Hall–Kier alpha value is -0.810. The Balaban J connectivity index is 2.42. The van der Waals surface area contributed by atoms with E-state index < -0.39 is 0 Å². The van der Waals surface area contributed by atoms with Gasteiger partial charge in [0.05, 0.1) is 11.6 Å². The van der Waals surface area contributed by atoms with Crippen molar-refractivity contribution in [2.75, 3.05) is 7.11 Å². The van der Waals surface area contributed by atoms with Gasteiger partial charge in [-0.3, -0.25) is 4.79 Å². The Kier molecular flexibility index (Phi) is 6.19. The topological polar surface area (TPSA) is 35.5 Å². The first kappa shape index (κ1) is 19.5. The summed E-state index contributed by atoms with van der Waals surface area (Å²) >= 11 is 7.29.